The lowest BCUT2D eigenvalue weighted by molar-refractivity contribution is 0.0341. The van der Waals surface area contributed by atoms with E-state index < -0.39 is 16.0 Å². The molecule has 1 fully saturated rings. The molecule has 0 amide bonds. The van der Waals surface area contributed by atoms with Crippen LogP contribution >= 0.6 is 11.3 Å². The van der Waals surface area contributed by atoms with Crippen LogP contribution in [0.4, 0.5) is 0 Å². The number of thiazole rings is 1. The van der Waals surface area contributed by atoms with Crippen molar-refractivity contribution in [3.63, 3.8) is 0 Å². The van der Waals surface area contributed by atoms with E-state index in [1.54, 1.807) is 0 Å². The van der Waals surface area contributed by atoms with E-state index in [9.17, 15) is 13.2 Å². The zero-order chi connectivity index (χ0) is 19.4. The highest BCUT2D eigenvalue weighted by molar-refractivity contribution is 7.89. The summed E-state index contributed by atoms with van der Waals surface area (Å²) in [4.78, 5) is 17.8. The Bertz CT molecular complexity index is 890. The van der Waals surface area contributed by atoms with E-state index in [2.05, 4.69) is 9.88 Å². The molecule has 0 unspecified atom stereocenters. The molecule has 1 aliphatic rings. The van der Waals surface area contributed by atoms with Gasteiger partial charge in [-0.3, -0.25) is 4.90 Å². The predicted molar refractivity (Wildman–Crippen MR) is 100 cm³/mol. The molecular weight excluding hydrogens is 390 g/mol. The highest BCUT2D eigenvalue weighted by Crippen LogP contribution is 2.19. The van der Waals surface area contributed by atoms with Crippen molar-refractivity contribution in [1.82, 2.24) is 14.2 Å². The van der Waals surface area contributed by atoms with Crippen LogP contribution in [0, 0.1) is 0 Å². The van der Waals surface area contributed by atoms with Gasteiger partial charge in [0.1, 0.15) is 5.01 Å². The van der Waals surface area contributed by atoms with Crippen molar-refractivity contribution in [2.24, 2.45) is 0 Å². The van der Waals surface area contributed by atoms with Gasteiger partial charge >= 0.3 is 5.97 Å². The van der Waals surface area contributed by atoms with Gasteiger partial charge in [0, 0.05) is 25.5 Å². The summed E-state index contributed by atoms with van der Waals surface area (Å²) >= 11 is 1.52. The summed E-state index contributed by atoms with van der Waals surface area (Å²) in [5, 5.41) is 11.7. The molecule has 8 nitrogen and oxygen atoms in total. The number of rotatable bonds is 7. The number of aromatic nitrogens is 1. The number of morpholine rings is 1. The lowest BCUT2D eigenvalue weighted by Gasteiger charge is -2.25. The highest BCUT2D eigenvalue weighted by Gasteiger charge is 2.22. The zero-order valence-corrected chi connectivity index (χ0v) is 16.5. The van der Waals surface area contributed by atoms with Crippen LogP contribution in [0.3, 0.4) is 0 Å². The van der Waals surface area contributed by atoms with E-state index in [0.29, 0.717) is 5.69 Å². The Balaban J connectivity index is 1.65. The molecule has 2 heterocycles. The molecular formula is C17H21N3O5S2. The van der Waals surface area contributed by atoms with Crippen LogP contribution in [0.2, 0.25) is 0 Å². The zero-order valence-electron chi connectivity index (χ0n) is 14.9. The second kappa shape index (κ2) is 8.44. The third-order valence-electron chi connectivity index (χ3n) is 4.26. The number of hydrogen-bond acceptors (Lipinski definition) is 7. The Labute approximate surface area is 162 Å². The van der Waals surface area contributed by atoms with Crippen molar-refractivity contribution in [2.45, 2.75) is 18.0 Å². The minimum Gasteiger partial charge on any atom is -0.478 e. The molecule has 0 radical (unpaired) electrons. The molecule has 0 atom stereocenters. The van der Waals surface area contributed by atoms with Crippen LogP contribution in [0.5, 0.6) is 0 Å². The number of sulfonamides is 1. The summed E-state index contributed by atoms with van der Waals surface area (Å²) in [5.41, 5.74) is 0.736. The van der Waals surface area contributed by atoms with Gasteiger partial charge in [-0.1, -0.05) is 0 Å². The Kier molecular flexibility index (Phi) is 6.22. The maximum Gasteiger partial charge on any atom is 0.335 e. The molecule has 3 rings (SSSR count). The molecule has 27 heavy (non-hydrogen) atoms. The van der Waals surface area contributed by atoms with E-state index in [0.717, 1.165) is 37.9 Å². The van der Waals surface area contributed by atoms with Crippen LogP contribution in [0.1, 0.15) is 21.1 Å². The highest BCUT2D eigenvalue weighted by atomic mass is 32.2. The molecule has 10 heteroatoms. The Hall–Kier alpha value is -1.85. The molecule has 1 aliphatic heterocycles. The molecule has 0 spiro atoms. The van der Waals surface area contributed by atoms with Crippen LogP contribution in [-0.2, 0) is 27.8 Å². The van der Waals surface area contributed by atoms with Gasteiger partial charge in [0.05, 0.1) is 42.5 Å². The predicted octanol–water partition coefficient (Wildman–Crippen LogP) is 1.49. The van der Waals surface area contributed by atoms with E-state index in [1.165, 1.54) is 47.0 Å². The van der Waals surface area contributed by atoms with Gasteiger partial charge in [-0.15, -0.1) is 11.3 Å². The molecule has 2 aromatic rings. The third-order valence-corrected chi connectivity index (χ3v) is 6.96. The molecule has 1 aromatic heterocycles. The maximum atomic E-state index is 12.7. The molecule has 0 bridgehead atoms. The van der Waals surface area contributed by atoms with Crippen molar-refractivity contribution in [2.75, 3.05) is 33.4 Å². The number of ether oxygens (including phenoxy) is 1. The number of aromatic carboxylic acids is 1. The topological polar surface area (TPSA) is 100 Å². The van der Waals surface area contributed by atoms with E-state index >= 15 is 0 Å². The number of carboxylic acid groups (broad SMARTS) is 1. The van der Waals surface area contributed by atoms with Gasteiger partial charge in [0.15, 0.2) is 0 Å². The first-order valence-electron chi connectivity index (χ1n) is 8.39. The van der Waals surface area contributed by atoms with Gasteiger partial charge in [-0.25, -0.2) is 18.2 Å². The van der Waals surface area contributed by atoms with Crippen molar-refractivity contribution >= 4 is 27.3 Å². The second-order valence-electron chi connectivity index (χ2n) is 6.21. The summed E-state index contributed by atoms with van der Waals surface area (Å²) in [7, 11) is -2.23. The number of carbonyl (C=O) groups is 1. The molecule has 0 aliphatic carbocycles. The quantitative estimate of drug-likeness (QED) is 0.737. The van der Waals surface area contributed by atoms with Gasteiger partial charge in [0.2, 0.25) is 10.0 Å². The van der Waals surface area contributed by atoms with E-state index in [4.69, 9.17) is 9.84 Å². The van der Waals surface area contributed by atoms with Crippen molar-refractivity contribution in [1.29, 1.82) is 0 Å². The fourth-order valence-electron chi connectivity index (χ4n) is 2.71. The molecule has 0 saturated carbocycles. The Morgan fingerprint density at radius 1 is 1.30 bits per heavy atom. The first-order valence-corrected chi connectivity index (χ1v) is 10.7. The summed E-state index contributed by atoms with van der Waals surface area (Å²) in [6.07, 6.45) is 0. The second-order valence-corrected chi connectivity index (χ2v) is 9.20. The van der Waals surface area contributed by atoms with Gasteiger partial charge < -0.3 is 9.84 Å². The molecule has 1 aromatic carbocycles. The minimum atomic E-state index is -3.72. The lowest BCUT2D eigenvalue weighted by Crippen LogP contribution is -2.35. The average molecular weight is 412 g/mol. The van der Waals surface area contributed by atoms with Gasteiger partial charge in [-0.05, 0) is 24.3 Å². The number of nitrogens with zero attached hydrogens (tertiary/aromatic N) is 3. The summed E-state index contributed by atoms with van der Waals surface area (Å²) in [6.45, 7) is 4.08. The summed E-state index contributed by atoms with van der Waals surface area (Å²) in [5.74, 6) is -1.09. The van der Waals surface area contributed by atoms with Crippen LogP contribution in [0.15, 0.2) is 34.5 Å². The van der Waals surface area contributed by atoms with E-state index in [-0.39, 0.29) is 17.0 Å². The summed E-state index contributed by atoms with van der Waals surface area (Å²) in [6, 6.07) is 5.18. The first kappa shape index (κ1) is 19.9. The van der Waals surface area contributed by atoms with Crippen molar-refractivity contribution < 1.29 is 23.1 Å². The van der Waals surface area contributed by atoms with Gasteiger partial charge in [0.25, 0.3) is 0 Å². The Morgan fingerprint density at radius 3 is 2.59 bits per heavy atom. The Morgan fingerprint density at radius 2 is 1.96 bits per heavy atom. The monoisotopic (exact) mass is 411 g/mol. The standard InChI is InChI=1S/C17H21N3O5S2/c1-19(27(23,24)15-4-2-13(3-5-15)17(21)22)10-14-12-26-16(18-14)11-20-6-8-25-9-7-20/h2-5,12H,6-11H2,1H3,(H,21,22). The largest absolute Gasteiger partial charge is 0.478 e. The van der Waals surface area contributed by atoms with Crippen LogP contribution in [-0.4, -0.2) is 67.0 Å². The molecule has 1 N–H and O–H groups in total. The fraction of sp³-hybridized carbons (Fsp3) is 0.412. The number of carboxylic acids is 1. The maximum absolute atomic E-state index is 12.7. The van der Waals surface area contributed by atoms with E-state index in [1.807, 2.05) is 5.38 Å². The molecule has 1 saturated heterocycles. The fourth-order valence-corrected chi connectivity index (χ4v) is 4.68. The third kappa shape index (κ3) is 4.90. The number of benzene rings is 1. The van der Waals surface area contributed by atoms with Crippen molar-refractivity contribution in [3.05, 3.63) is 45.9 Å². The van der Waals surface area contributed by atoms with Crippen LogP contribution in [0.25, 0.3) is 0 Å². The van der Waals surface area contributed by atoms with Gasteiger partial charge in [-0.2, -0.15) is 4.31 Å². The smallest absolute Gasteiger partial charge is 0.335 e. The average Bonchev–Trinajstić information content (AvgIpc) is 3.09. The van der Waals surface area contributed by atoms with Crippen molar-refractivity contribution in [3.8, 4) is 0 Å². The van der Waals surface area contributed by atoms with Crippen LogP contribution < -0.4 is 0 Å². The lowest BCUT2D eigenvalue weighted by atomic mass is 10.2. The normalized spacial score (nSPS) is 15.9. The first-order chi connectivity index (χ1) is 12.9. The number of hydrogen-bond donors (Lipinski definition) is 1. The minimum absolute atomic E-state index is 0.0452. The SMILES string of the molecule is CN(Cc1csc(CN2CCOCC2)n1)S(=O)(=O)c1ccc(C(=O)O)cc1. The summed E-state index contributed by atoms with van der Waals surface area (Å²) < 4.78 is 31.9. The molecule has 146 valence electrons.